The van der Waals surface area contributed by atoms with E-state index in [-0.39, 0.29) is 18.4 Å². The van der Waals surface area contributed by atoms with Gasteiger partial charge in [0.2, 0.25) is 5.91 Å². The topological polar surface area (TPSA) is 60.9 Å². The van der Waals surface area contributed by atoms with Crippen molar-refractivity contribution in [3.63, 3.8) is 0 Å². The summed E-state index contributed by atoms with van der Waals surface area (Å²) in [7, 11) is 2.19. The number of carbonyl (C=O) groups excluding carboxylic acids is 1. The van der Waals surface area contributed by atoms with Gasteiger partial charge in [-0.1, -0.05) is 6.42 Å². The molecule has 1 amide bonds. The van der Waals surface area contributed by atoms with Gasteiger partial charge in [-0.05, 0) is 32.7 Å². The van der Waals surface area contributed by atoms with Crippen LogP contribution in [0.15, 0.2) is 0 Å². The number of amides is 1. The first-order valence-electron chi connectivity index (χ1n) is 7.30. The van der Waals surface area contributed by atoms with Gasteiger partial charge < -0.3 is 14.9 Å². The van der Waals surface area contributed by atoms with Crippen molar-refractivity contribution in [2.24, 2.45) is 5.92 Å². The summed E-state index contributed by atoms with van der Waals surface area (Å²) in [5, 5.41) is 9.06. The average Bonchev–Trinajstić information content (AvgIpc) is 2.71. The minimum atomic E-state index is -0.830. The maximum Gasteiger partial charge on any atom is 0.308 e. The molecule has 1 N–H and O–H groups in total. The predicted octanol–water partition coefficient (Wildman–Crippen LogP) is 0.935. The first-order valence-corrected chi connectivity index (χ1v) is 7.30. The quantitative estimate of drug-likeness (QED) is 0.808. The zero-order valence-corrected chi connectivity index (χ0v) is 11.4. The van der Waals surface area contributed by atoms with Crippen molar-refractivity contribution in [3.05, 3.63) is 0 Å². The first-order chi connectivity index (χ1) is 9.06. The maximum atomic E-state index is 12.0. The highest BCUT2D eigenvalue weighted by molar-refractivity contribution is 5.86. The van der Waals surface area contributed by atoms with Crippen molar-refractivity contribution in [3.8, 4) is 0 Å². The highest BCUT2D eigenvalue weighted by atomic mass is 16.4. The molecule has 3 heterocycles. The van der Waals surface area contributed by atoms with Gasteiger partial charge in [0.05, 0.1) is 5.92 Å². The van der Waals surface area contributed by atoms with Crippen LogP contribution in [-0.4, -0.2) is 58.5 Å². The van der Waals surface area contributed by atoms with Gasteiger partial charge >= 0.3 is 5.97 Å². The summed E-state index contributed by atoms with van der Waals surface area (Å²) in [5.41, 5.74) is 0. The average molecular weight is 266 g/mol. The monoisotopic (exact) mass is 266 g/mol. The second-order valence-corrected chi connectivity index (χ2v) is 6.31. The molecule has 0 saturated carbocycles. The van der Waals surface area contributed by atoms with Crippen LogP contribution in [0.4, 0.5) is 0 Å². The van der Waals surface area contributed by atoms with Gasteiger partial charge in [-0.2, -0.15) is 0 Å². The van der Waals surface area contributed by atoms with E-state index in [1.807, 2.05) is 4.90 Å². The van der Waals surface area contributed by atoms with E-state index in [9.17, 15) is 9.59 Å². The summed E-state index contributed by atoms with van der Waals surface area (Å²) in [6, 6.07) is 1.42. The molecule has 3 aliphatic rings. The van der Waals surface area contributed by atoms with E-state index in [0.29, 0.717) is 18.6 Å². The minimum Gasteiger partial charge on any atom is -0.481 e. The number of piperidine rings is 2. The molecule has 3 saturated heterocycles. The van der Waals surface area contributed by atoms with E-state index in [4.69, 9.17) is 5.11 Å². The zero-order valence-electron chi connectivity index (χ0n) is 11.4. The second kappa shape index (κ2) is 4.78. The maximum absolute atomic E-state index is 12.0. The molecule has 3 fully saturated rings. The van der Waals surface area contributed by atoms with E-state index in [1.165, 1.54) is 19.3 Å². The fourth-order valence-corrected chi connectivity index (χ4v) is 4.09. The van der Waals surface area contributed by atoms with Crippen LogP contribution < -0.4 is 0 Å². The molecule has 5 heteroatoms. The number of aliphatic carboxylic acids is 1. The number of carboxylic acids is 1. The molecule has 106 valence electrons. The van der Waals surface area contributed by atoms with E-state index >= 15 is 0 Å². The molecule has 5 nitrogen and oxygen atoms in total. The molecule has 0 radical (unpaired) electrons. The highest BCUT2D eigenvalue weighted by Gasteiger charge is 2.43. The van der Waals surface area contributed by atoms with Crippen LogP contribution in [0.3, 0.4) is 0 Å². The van der Waals surface area contributed by atoms with Crippen LogP contribution in [0.2, 0.25) is 0 Å². The Bertz CT molecular complexity index is 384. The Morgan fingerprint density at radius 1 is 1.21 bits per heavy atom. The van der Waals surface area contributed by atoms with Gasteiger partial charge in [0.15, 0.2) is 0 Å². The number of likely N-dealkylation sites (tertiary alicyclic amines) is 1. The van der Waals surface area contributed by atoms with Crippen molar-refractivity contribution < 1.29 is 14.7 Å². The molecular weight excluding hydrogens is 244 g/mol. The van der Waals surface area contributed by atoms with E-state index in [0.717, 1.165) is 12.8 Å². The van der Waals surface area contributed by atoms with Crippen LogP contribution >= 0.6 is 0 Å². The Morgan fingerprint density at radius 2 is 1.84 bits per heavy atom. The molecule has 19 heavy (non-hydrogen) atoms. The summed E-state index contributed by atoms with van der Waals surface area (Å²) in [4.78, 5) is 27.4. The fraction of sp³-hybridized carbons (Fsp3) is 0.857. The molecule has 2 unspecified atom stereocenters. The predicted molar refractivity (Wildman–Crippen MR) is 69.7 cm³/mol. The van der Waals surface area contributed by atoms with E-state index < -0.39 is 11.9 Å². The summed E-state index contributed by atoms with van der Waals surface area (Å²) >= 11 is 0. The Morgan fingerprint density at radius 3 is 2.37 bits per heavy atom. The van der Waals surface area contributed by atoms with Crippen molar-refractivity contribution in [1.82, 2.24) is 9.80 Å². The van der Waals surface area contributed by atoms with E-state index in [1.54, 1.807) is 0 Å². The van der Waals surface area contributed by atoms with Gasteiger partial charge in [0.25, 0.3) is 0 Å². The molecule has 4 atom stereocenters. The van der Waals surface area contributed by atoms with Gasteiger partial charge in [-0.15, -0.1) is 0 Å². The number of hydrogen-bond donors (Lipinski definition) is 1. The molecule has 3 aliphatic heterocycles. The summed E-state index contributed by atoms with van der Waals surface area (Å²) in [6.45, 7) is 0.419. The highest BCUT2D eigenvalue weighted by Crippen LogP contribution is 2.36. The zero-order chi connectivity index (χ0) is 13.6. The Kier molecular flexibility index (Phi) is 3.25. The molecule has 0 aromatic rings. The van der Waals surface area contributed by atoms with Gasteiger partial charge in [0, 0.05) is 31.1 Å². The standard InChI is InChI=1S/C14H22N2O3/c1-15-10-3-2-4-11(15)7-12(6-10)16-8-9(14(18)19)5-13(16)17/h9-12H,2-8H2,1H3,(H,18,19)/t9?,10-,11+,12?. The second-order valence-electron chi connectivity index (χ2n) is 6.31. The Labute approximate surface area is 113 Å². The third-order valence-corrected chi connectivity index (χ3v) is 5.26. The molecule has 0 aliphatic carbocycles. The number of carboxylic acid groups (broad SMARTS) is 1. The Hall–Kier alpha value is -1.10. The van der Waals surface area contributed by atoms with Gasteiger partial charge in [0.1, 0.15) is 0 Å². The van der Waals surface area contributed by atoms with Gasteiger partial charge in [-0.25, -0.2) is 0 Å². The first kappa shape index (κ1) is 12.9. The summed E-state index contributed by atoms with van der Waals surface area (Å²) in [6.07, 6.45) is 5.95. The van der Waals surface area contributed by atoms with Crippen molar-refractivity contribution in [2.75, 3.05) is 13.6 Å². The van der Waals surface area contributed by atoms with Crippen LogP contribution in [-0.2, 0) is 9.59 Å². The molecular formula is C14H22N2O3. The molecule has 0 aromatic carbocycles. The van der Waals surface area contributed by atoms with Crippen molar-refractivity contribution in [1.29, 1.82) is 0 Å². The number of rotatable bonds is 2. The Balaban J connectivity index is 1.70. The molecule has 0 spiro atoms. The summed E-state index contributed by atoms with van der Waals surface area (Å²) < 4.78 is 0. The number of nitrogens with zero attached hydrogens (tertiary/aromatic N) is 2. The van der Waals surface area contributed by atoms with Crippen LogP contribution in [0.25, 0.3) is 0 Å². The van der Waals surface area contributed by atoms with Crippen LogP contribution in [0.5, 0.6) is 0 Å². The lowest BCUT2D eigenvalue weighted by Crippen LogP contribution is -2.55. The minimum absolute atomic E-state index is 0.0417. The molecule has 0 aromatic heterocycles. The molecule has 2 bridgehead atoms. The number of hydrogen-bond acceptors (Lipinski definition) is 3. The normalized spacial score (nSPS) is 39.6. The largest absolute Gasteiger partial charge is 0.481 e. The van der Waals surface area contributed by atoms with Gasteiger partial charge in [-0.3, -0.25) is 9.59 Å². The molecule has 3 rings (SSSR count). The fourth-order valence-electron chi connectivity index (χ4n) is 4.09. The lowest BCUT2D eigenvalue weighted by Gasteiger charge is -2.49. The van der Waals surface area contributed by atoms with E-state index in [2.05, 4.69) is 11.9 Å². The smallest absolute Gasteiger partial charge is 0.308 e. The van der Waals surface area contributed by atoms with Crippen molar-refractivity contribution >= 4 is 11.9 Å². The number of carbonyl (C=O) groups is 2. The lowest BCUT2D eigenvalue weighted by molar-refractivity contribution is -0.141. The van der Waals surface area contributed by atoms with Crippen LogP contribution in [0.1, 0.15) is 38.5 Å². The SMILES string of the molecule is CN1[C@@H]2CCC[C@H]1CC(N1CC(C(=O)O)CC1=O)C2. The third-order valence-electron chi connectivity index (χ3n) is 5.26. The third kappa shape index (κ3) is 2.24. The van der Waals surface area contributed by atoms with Crippen molar-refractivity contribution in [2.45, 2.75) is 56.7 Å². The lowest BCUT2D eigenvalue weighted by atomic mass is 9.82. The van der Waals surface area contributed by atoms with Crippen LogP contribution in [0, 0.1) is 5.92 Å². The summed E-state index contributed by atoms with van der Waals surface area (Å²) in [5.74, 6) is -1.28. The number of fused-ring (bicyclic) bond motifs is 2.